The molecule has 1 heterocycles. The van der Waals surface area contributed by atoms with Crippen molar-refractivity contribution in [2.75, 3.05) is 0 Å². The molecule has 0 saturated heterocycles. The van der Waals surface area contributed by atoms with Crippen LogP contribution in [0.2, 0.25) is 0 Å². The zero-order valence-corrected chi connectivity index (χ0v) is 16.8. The predicted molar refractivity (Wildman–Crippen MR) is 114 cm³/mol. The normalized spacial score (nSPS) is 13.6. The van der Waals surface area contributed by atoms with Gasteiger partial charge in [0, 0.05) is 29.1 Å². The minimum Gasteiger partial charge on any atom is -0.489 e. The maximum absolute atomic E-state index is 13.8. The number of ether oxygens (including phenoxy) is 1. The lowest BCUT2D eigenvalue weighted by Crippen LogP contribution is -2.31. The van der Waals surface area contributed by atoms with Gasteiger partial charge in [-0.05, 0) is 54.1 Å². The summed E-state index contributed by atoms with van der Waals surface area (Å²) in [4.78, 5) is 15.7. The third-order valence-electron chi connectivity index (χ3n) is 4.81. The quantitative estimate of drug-likeness (QED) is 0.450. The number of benzene rings is 2. The van der Waals surface area contributed by atoms with Gasteiger partial charge in [-0.25, -0.2) is 4.39 Å². The summed E-state index contributed by atoms with van der Waals surface area (Å²) in [7, 11) is 0. The molecule has 1 aliphatic rings. The van der Waals surface area contributed by atoms with E-state index in [1.807, 2.05) is 52.8 Å². The number of hydrogen-bond acceptors (Lipinski definition) is 3. The first kappa shape index (κ1) is 19.4. The van der Waals surface area contributed by atoms with E-state index in [-0.39, 0.29) is 18.3 Å². The first-order chi connectivity index (χ1) is 14.2. The Kier molecular flexibility index (Phi) is 6.06. The summed E-state index contributed by atoms with van der Waals surface area (Å²) in [6, 6.07) is 18.5. The summed E-state index contributed by atoms with van der Waals surface area (Å²) in [6.45, 7) is 0.708. The molecule has 4 rings (SSSR count). The summed E-state index contributed by atoms with van der Waals surface area (Å²) >= 11 is 1.61. The average molecular weight is 408 g/mol. The van der Waals surface area contributed by atoms with Gasteiger partial charge < -0.3 is 9.64 Å². The van der Waals surface area contributed by atoms with E-state index in [2.05, 4.69) is 0 Å². The monoisotopic (exact) mass is 407 g/mol. The van der Waals surface area contributed by atoms with Gasteiger partial charge in [-0.2, -0.15) is 0 Å². The van der Waals surface area contributed by atoms with E-state index in [1.54, 1.807) is 35.6 Å². The summed E-state index contributed by atoms with van der Waals surface area (Å²) in [5.74, 6) is 0.424. The fourth-order valence-electron chi connectivity index (χ4n) is 3.12. The molecule has 0 bridgehead atoms. The standard InChI is InChI=1S/C24H22FNO2S/c25-23-9-2-1-6-19(23)17-28-21-7-3-5-18(15-21)16-26(20-10-11-20)24(27)13-12-22-8-4-14-29-22/h1-9,12-15,20H,10-11,16-17H2/b13-12+. The second kappa shape index (κ2) is 9.05. The van der Waals surface area contributed by atoms with E-state index in [0.717, 1.165) is 23.3 Å². The fourth-order valence-corrected chi connectivity index (χ4v) is 3.73. The lowest BCUT2D eigenvalue weighted by atomic mass is 10.2. The predicted octanol–water partition coefficient (Wildman–Crippen LogP) is 5.67. The Morgan fingerprint density at radius 3 is 2.76 bits per heavy atom. The molecule has 1 aromatic heterocycles. The Bertz CT molecular complexity index is 996. The van der Waals surface area contributed by atoms with E-state index in [4.69, 9.17) is 4.74 Å². The number of nitrogens with zero attached hydrogens (tertiary/aromatic N) is 1. The van der Waals surface area contributed by atoms with Crippen LogP contribution in [0.3, 0.4) is 0 Å². The molecule has 5 heteroatoms. The number of carbonyl (C=O) groups excluding carboxylic acids is 1. The number of hydrogen-bond donors (Lipinski definition) is 0. The maximum atomic E-state index is 13.8. The molecular weight excluding hydrogens is 385 g/mol. The Balaban J connectivity index is 1.41. The summed E-state index contributed by atoms with van der Waals surface area (Å²) in [5, 5.41) is 2.00. The van der Waals surface area contributed by atoms with Gasteiger partial charge in [0.25, 0.3) is 0 Å². The molecule has 1 amide bonds. The van der Waals surface area contributed by atoms with Crippen molar-refractivity contribution in [1.82, 2.24) is 4.90 Å². The third-order valence-corrected chi connectivity index (χ3v) is 5.65. The molecule has 29 heavy (non-hydrogen) atoms. The van der Waals surface area contributed by atoms with Crippen molar-refractivity contribution < 1.29 is 13.9 Å². The van der Waals surface area contributed by atoms with Crippen molar-refractivity contribution in [1.29, 1.82) is 0 Å². The zero-order valence-electron chi connectivity index (χ0n) is 16.0. The molecule has 3 aromatic rings. The molecule has 0 aliphatic heterocycles. The molecular formula is C24H22FNO2S. The molecule has 0 N–H and O–H groups in total. The third kappa shape index (κ3) is 5.33. The average Bonchev–Trinajstić information content (AvgIpc) is 3.44. The van der Waals surface area contributed by atoms with Crippen LogP contribution in [0.15, 0.2) is 72.1 Å². The van der Waals surface area contributed by atoms with E-state index in [0.29, 0.717) is 23.9 Å². The minimum absolute atomic E-state index is 0.0265. The first-order valence-corrected chi connectivity index (χ1v) is 10.5. The Morgan fingerprint density at radius 1 is 1.14 bits per heavy atom. The van der Waals surface area contributed by atoms with Gasteiger partial charge >= 0.3 is 0 Å². The number of thiophene rings is 1. The van der Waals surface area contributed by atoms with Gasteiger partial charge in [-0.1, -0.05) is 36.4 Å². The second-order valence-electron chi connectivity index (χ2n) is 7.07. The zero-order chi connectivity index (χ0) is 20.1. The minimum atomic E-state index is -0.272. The highest BCUT2D eigenvalue weighted by Crippen LogP contribution is 2.29. The van der Waals surface area contributed by atoms with Crippen molar-refractivity contribution in [2.45, 2.75) is 32.0 Å². The van der Waals surface area contributed by atoms with Crippen LogP contribution >= 0.6 is 11.3 Å². The second-order valence-corrected chi connectivity index (χ2v) is 8.05. The van der Waals surface area contributed by atoms with E-state index in [1.165, 1.54) is 6.07 Å². The van der Waals surface area contributed by atoms with Gasteiger partial charge in [0.2, 0.25) is 5.91 Å². The maximum Gasteiger partial charge on any atom is 0.247 e. The van der Waals surface area contributed by atoms with Gasteiger partial charge in [-0.3, -0.25) is 4.79 Å². The molecule has 2 aromatic carbocycles. The van der Waals surface area contributed by atoms with Gasteiger partial charge in [-0.15, -0.1) is 11.3 Å². The van der Waals surface area contributed by atoms with Crippen LogP contribution in [0, 0.1) is 5.82 Å². The van der Waals surface area contributed by atoms with Gasteiger partial charge in [0.15, 0.2) is 0 Å². The SMILES string of the molecule is O=C(/C=C/c1cccs1)N(Cc1cccc(OCc2ccccc2F)c1)C1CC1. The summed E-state index contributed by atoms with van der Waals surface area (Å²) in [5.41, 5.74) is 1.52. The van der Waals surface area contributed by atoms with Gasteiger partial charge in [0.1, 0.15) is 18.2 Å². The van der Waals surface area contributed by atoms with Crippen LogP contribution in [0.4, 0.5) is 4.39 Å². The largest absolute Gasteiger partial charge is 0.489 e. The molecule has 0 radical (unpaired) electrons. The van der Waals surface area contributed by atoms with Crippen LogP contribution in [0.25, 0.3) is 6.08 Å². The van der Waals surface area contributed by atoms with Gasteiger partial charge in [0.05, 0.1) is 0 Å². The lowest BCUT2D eigenvalue weighted by molar-refractivity contribution is -0.127. The fraction of sp³-hybridized carbons (Fsp3) is 0.208. The number of halogens is 1. The molecule has 0 spiro atoms. The van der Waals surface area contributed by atoms with Crippen LogP contribution in [0.5, 0.6) is 5.75 Å². The van der Waals surface area contributed by atoms with E-state index >= 15 is 0 Å². The van der Waals surface area contributed by atoms with Crippen molar-refractivity contribution in [3.63, 3.8) is 0 Å². The smallest absolute Gasteiger partial charge is 0.247 e. The van der Waals surface area contributed by atoms with E-state index in [9.17, 15) is 9.18 Å². The summed E-state index contributed by atoms with van der Waals surface area (Å²) < 4.78 is 19.5. The molecule has 3 nitrogen and oxygen atoms in total. The Morgan fingerprint density at radius 2 is 2.00 bits per heavy atom. The highest BCUT2D eigenvalue weighted by Gasteiger charge is 2.31. The first-order valence-electron chi connectivity index (χ1n) is 9.66. The topological polar surface area (TPSA) is 29.5 Å². The highest BCUT2D eigenvalue weighted by atomic mass is 32.1. The molecule has 0 atom stereocenters. The highest BCUT2D eigenvalue weighted by molar-refractivity contribution is 7.10. The van der Waals surface area contributed by atoms with Crippen LogP contribution in [-0.2, 0) is 17.9 Å². The number of rotatable bonds is 8. The lowest BCUT2D eigenvalue weighted by Gasteiger charge is -2.21. The Labute approximate surface area is 174 Å². The van der Waals surface area contributed by atoms with Crippen molar-refractivity contribution in [2.24, 2.45) is 0 Å². The van der Waals surface area contributed by atoms with Crippen molar-refractivity contribution >= 4 is 23.3 Å². The number of carbonyl (C=O) groups is 1. The molecule has 1 saturated carbocycles. The van der Waals surface area contributed by atoms with Crippen molar-refractivity contribution in [3.05, 3.63) is 93.9 Å². The number of amides is 1. The molecule has 1 fully saturated rings. The van der Waals surface area contributed by atoms with Crippen LogP contribution in [0.1, 0.15) is 28.8 Å². The van der Waals surface area contributed by atoms with Crippen LogP contribution in [-0.4, -0.2) is 16.8 Å². The molecule has 1 aliphatic carbocycles. The van der Waals surface area contributed by atoms with E-state index < -0.39 is 0 Å². The molecule has 0 unspecified atom stereocenters. The molecule has 148 valence electrons. The van der Waals surface area contributed by atoms with Crippen molar-refractivity contribution in [3.8, 4) is 5.75 Å². The Hall–Kier alpha value is -2.92. The van der Waals surface area contributed by atoms with Crippen LogP contribution < -0.4 is 4.74 Å². The summed E-state index contributed by atoms with van der Waals surface area (Å²) in [6.07, 6.45) is 5.61.